The summed E-state index contributed by atoms with van der Waals surface area (Å²) in [5.74, 6) is 2.74. The highest BCUT2D eigenvalue weighted by atomic mass is 15.0. The zero-order valence-electron chi connectivity index (χ0n) is 77.5. The largest absolute Gasteiger partial charge is 0.316 e. The summed E-state index contributed by atoms with van der Waals surface area (Å²) >= 11 is 0. The van der Waals surface area contributed by atoms with Crippen LogP contribution in [-0.2, 0) is 0 Å². The fraction of sp³-hybridized carbons (Fsp3) is 0. The van der Waals surface area contributed by atoms with Crippen LogP contribution < -0.4 is 0 Å². The second kappa shape index (κ2) is 35.3. The molecule has 16 heteroatoms. The fourth-order valence-electron chi connectivity index (χ4n) is 21.0. The number of para-hydroxylation sites is 9. The van der Waals surface area contributed by atoms with Crippen LogP contribution in [0.3, 0.4) is 0 Å². The van der Waals surface area contributed by atoms with Crippen molar-refractivity contribution in [2.75, 3.05) is 0 Å². The number of hydrogen-bond donors (Lipinski definition) is 0. The second-order valence-corrected chi connectivity index (χ2v) is 35.9. The van der Waals surface area contributed by atoms with Crippen LogP contribution in [0, 0.1) is 0 Å². The average molecular weight is 1840 g/mol. The van der Waals surface area contributed by atoms with Crippen molar-refractivity contribution in [1.29, 1.82) is 0 Å². The van der Waals surface area contributed by atoms with Crippen LogP contribution in [0.5, 0.6) is 0 Å². The van der Waals surface area contributed by atoms with Crippen molar-refractivity contribution in [3.63, 3.8) is 0 Å². The molecule has 12 heterocycles. The van der Waals surface area contributed by atoms with Crippen LogP contribution in [0.1, 0.15) is 0 Å². The van der Waals surface area contributed by atoms with Gasteiger partial charge in [-0.1, -0.05) is 279 Å². The molecule has 0 amide bonds. The molecule has 12 aromatic heterocycles. The van der Waals surface area contributed by atoms with E-state index >= 15 is 0 Å². The van der Waals surface area contributed by atoms with E-state index in [0.29, 0.717) is 23.3 Å². The lowest BCUT2D eigenvalue weighted by atomic mass is 10.0. The first-order chi connectivity index (χ1) is 71.4. The third kappa shape index (κ3) is 14.6. The molecule has 0 saturated carbocycles. The molecule has 0 radical (unpaired) electrons. The van der Waals surface area contributed by atoms with Gasteiger partial charge in [-0.15, -0.1) is 0 Å². The monoisotopic (exact) mass is 1840 g/mol. The van der Waals surface area contributed by atoms with Gasteiger partial charge in [-0.3, -0.25) is 9.97 Å². The van der Waals surface area contributed by atoms with Gasteiger partial charge in [0.1, 0.15) is 5.69 Å². The zero-order chi connectivity index (χ0) is 95.1. The first-order valence-electron chi connectivity index (χ1n) is 48.1. The molecular weight excluding hydrogens is 1760 g/mol. The van der Waals surface area contributed by atoms with Crippen molar-refractivity contribution in [2.45, 2.75) is 0 Å². The van der Waals surface area contributed by atoms with E-state index in [1.165, 1.54) is 65.0 Å². The lowest BCUT2D eigenvalue weighted by molar-refractivity contribution is 1.13. The van der Waals surface area contributed by atoms with Crippen molar-refractivity contribution in [2.24, 2.45) is 0 Å². The number of aromatic nitrogens is 16. The zero-order valence-corrected chi connectivity index (χ0v) is 77.5. The lowest BCUT2D eigenvalue weighted by Crippen LogP contribution is -1.98. The maximum Gasteiger partial charge on any atom is 0.160 e. The maximum atomic E-state index is 5.23. The molecular formula is C128H82N16. The SMILES string of the molecule is c1ccc(-n2ccc3ccc4c(c5ccccc5n4-c4cccc(-c5nc(-c6ccc(-c7ccccn7)cc6)c6ccccc6n5)c4)c32)cc1.c1ccc(-n2ccc3ccc4c(c5ccccc5n4-c4cccc(-c5nc(-c6ccc(-c7ncccn7)cc6)c6ccccc6n5)c4)c32)cc1.c1ccc(-n2ccc3ccc4c(c5ccccc5n4-c4cccc(-c5nc(-c6ccccn6)c6ccccc6n5)c4)c32)cc1. The van der Waals surface area contributed by atoms with Crippen LogP contribution in [0.2, 0.25) is 0 Å². The highest BCUT2D eigenvalue weighted by Gasteiger charge is 2.26. The summed E-state index contributed by atoms with van der Waals surface area (Å²) in [5, 5.41) is 14.0. The Labute approximate surface area is 825 Å². The minimum absolute atomic E-state index is 0.673. The maximum absolute atomic E-state index is 5.23. The molecule has 29 aromatic rings. The Morgan fingerprint density at radius 2 is 0.472 bits per heavy atom. The molecule has 0 aliphatic rings. The van der Waals surface area contributed by atoms with Gasteiger partial charge in [0.05, 0.1) is 89.0 Å². The van der Waals surface area contributed by atoms with Gasteiger partial charge in [0.15, 0.2) is 23.3 Å². The topological polar surface area (TPSA) is 158 Å². The molecule has 0 aliphatic heterocycles. The first kappa shape index (κ1) is 83.5. The summed E-state index contributed by atoms with van der Waals surface area (Å²) in [6, 6.07) is 158. The fourth-order valence-corrected chi connectivity index (χ4v) is 21.0. The minimum Gasteiger partial charge on any atom is -0.316 e. The highest BCUT2D eigenvalue weighted by Crippen LogP contribution is 2.45. The van der Waals surface area contributed by atoms with E-state index in [0.717, 1.165) is 167 Å². The van der Waals surface area contributed by atoms with Crippen molar-refractivity contribution < 1.29 is 0 Å². The van der Waals surface area contributed by atoms with E-state index in [1.807, 2.05) is 91.1 Å². The number of fused-ring (bicyclic) bond motifs is 18. The summed E-state index contributed by atoms with van der Waals surface area (Å²) in [4.78, 5) is 48.7. The third-order valence-corrected chi connectivity index (χ3v) is 27.5. The molecule has 29 rings (SSSR count). The van der Waals surface area contributed by atoms with Gasteiger partial charge < -0.3 is 27.4 Å². The summed E-state index contributed by atoms with van der Waals surface area (Å²) in [6.45, 7) is 0. The van der Waals surface area contributed by atoms with Gasteiger partial charge in [-0.2, -0.15) is 0 Å². The summed E-state index contributed by atoms with van der Waals surface area (Å²) < 4.78 is 14.0. The lowest BCUT2D eigenvalue weighted by Gasteiger charge is -2.12. The smallest absolute Gasteiger partial charge is 0.160 e. The van der Waals surface area contributed by atoms with Crippen LogP contribution in [-0.4, -0.2) is 77.2 Å². The van der Waals surface area contributed by atoms with Crippen molar-refractivity contribution >= 4 is 131 Å². The molecule has 0 atom stereocenters. The molecule has 0 saturated heterocycles. The number of benzene rings is 17. The molecule has 0 aliphatic carbocycles. The molecule has 674 valence electrons. The Hall–Kier alpha value is -19.8. The normalized spacial score (nSPS) is 11.6. The van der Waals surface area contributed by atoms with Gasteiger partial charge >= 0.3 is 0 Å². The number of hydrogen-bond acceptors (Lipinski definition) is 10. The van der Waals surface area contributed by atoms with E-state index in [4.69, 9.17) is 29.9 Å². The van der Waals surface area contributed by atoms with Gasteiger partial charge in [0.2, 0.25) is 0 Å². The predicted octanol–water partition coefficient (Wildman–Crippen LogP) is 30.9. The van der Waals surface area contributed by atoms with Crippen LogP contribution in [0.4, 0.5) is 0 Å². The van der Waals surface area contributed by atoms with E-state index in [9.17, 15) is 0 Å². The Morgan fingerprint density at radius 1 is 0.167 bits per heavy atom. The standard InChI is InChI=1S/C45H29N5.C44H28N6.C39H25N5/c1-2-12-34(13-3-1)49-28-26-32-24-25-41-42(44(32)49)37-16-5-7-19-40(37)50(41)35-14-10-11-33(29-35)45-47-39-18-6-4-15-36(39)43(48-45)31-22-20-30(21-23-31)38-17-8-9-27-46-38;1-2-11-33(12-3-1)49-27-24-30-22-23-39-40(42(30)49)36-15-5-7-17-38(36)50(39)34-13-8-10-32(28-34)44-47-37-16-6-4-14-35(37)41(48-44)29-18-20-31(21-19-29)43-45-25-9-26-46-43;1-2-12-28(13-3-1)43-24-22-26-20-21-35-36(38(26)43)31-16-5-7-19-34(31)44(35)29-14-10-11-27(25-29)39-41-32-17-6-4-15-30(32)37(42-39)33-18-8-9-23-40-33/h1-29H;1-28H;1-25H. The molecule has 0 N–H and O–H groups in total. The Bertz CT molecular complexity index is 9620. The van der Waals surface area contributed by atoms with Crippen molar-refractivity contribution in [3.05, 3.63) is 498 Å². The number of pyridine rings is 2. The van der Waals surface area contributed by atoms with Gasteiger partial charge in [0, 0.05) is 181 Å². The van der Waals surface area contributed by atoms with E-state index < -0.39 is 0 Å². The summed E-state index contributed by atoms with van der Waals surface area (Å²) in [7, 11) is 0. The Kier molecular flexibility index (Phi) is 20.5. The van der Waals surface area contributed by atoms with Crippen LogP contribution in [0.15, 0.2) is 498 Å². The van der Waals surface area contributed by atoms with Crippen LogP contribution in [0.25, 0.3) is 256 Å². The van der Waals surface area contributed by atoms with E-state index in [1.54, 1.807) is 18.6 Å². The second-order valence-electron chi connectivity index (χ2n) is 35.9. The highest BCUT2D eigenvalue weighted by molar-refractivity contribution is 6.24. The Morgan fingerprint density at radius 3 is 0.847 bits per heavy atom. The predicted molar refractivity (Wildman–Crippen MR) is 587 cm³/mol. The molecule has 0 bridgehead atoms. The molecule has 0 unspecified atom stereocenters. The number of rotatable bonds is 14. The van der Waals surface area contributed by atoms with Crippen molar-refractivity contribution in [3.8, 4) is 125 Å². The molecule has 0 fully saturated rings. The molecule has 144 heavy (non-hydrogen) atoms. The van der Waals surface area contributed by atoms with Gasteiger partial charge in [-0.25, -0.2) is 39.9 Å². The quantitative estimate of drug-likeness (QED) is 0.103. The Balaban J connectivity index is 0.000000108. The minimum atomic E-state index is 0.673. The number of nitrogens with zero attached hydrogens (tertiary/aromatic N) is 16. The molecule has 0 spiro atoms. The van der Waals surface area contributed by atoms with Crippen LogP contribution >= 0.6 is 0 Å². The third-order valence-electron chi connectivity index (χ3n) is 27.5. The molecule has 17 aromatic carbocycles. The van der Waals surface area contributed by atoms with Gasteiger partial charge in [0.25, 0.3) is 0 Å². The van der Waals surface area contributed by atoms with E-state index in [-0.39, 0.29) is 0 Å². The average Bonchev–Trinajstić information content (AvgIpc) is 1.57. The van der Waals surface area contributed by atoms with Gasteiger partial charge in [-0.05, 0) is 176 Å². The summed E-state index contributed by atoms with van der Waals surface area (Å²) in [5.41, 5.74) is 31.1. The van der Waals surface area contributed by atoms with E-state index in [2.05, 4.69) is 436 Å². The summed E-state index contributed by atoms with van der Waals surface area (Å²) in [6.07, 6.45) is 13.7. The first-order valence-corrected chi connectivity index (χ1v) is 48.1. The molecule has 16 nitrogen and oxygen atoms in total. The van der Waals surface area contributed by atoms with Crippen molar-refractivity contribution in [1.82, 2.24) is 77.2 Å².